The van der Waals surface area contributed by atoms with Crippen molar-refractivity contribution in [1.82, 2.24) is 4.90 Å². The van der Waals surface area contributed by atoms with Crippen molar-refractivity contribution in [3.8, 4) is 0 Å². The summed E-state index contributed by atoms with van der Waals surface area (Å²) in [5.74, 6) is 0.257. The Morgan fingerprint density at radius 3 is 2.11 bits per heavy atom. The van der Waals surface area contributed by atoms with Crippen molar-refractivity contribution in [2.75, 3.05) is 14.1 Å². The van der Waals surface area contributed by atoms with E-state index in [2.05, 4.69) is 6.92 Å². The Labute approximate surface area is 59.6 Å². The molecule has 0 aliphatic carbocycles. The van der Waals surface area contributed by atoms with E-state index in [9.17, 15) is 4.79 Å². The number of carbonyl (C=O) groups is 1. The van der Waals surface area contributed by atoms with Gasteiger partial charge in [-0.25, -0.2) is 0 Å². The van der Waals surface area contributed by atoms with Gasteiger partial charge in [-0.05, 0) is 0 Å². The molecule has 2 nitrogen and oxygen atoms in total. The van der Waals surface area contributed by atoms with Crippen LogP contribution in [0.2, 0.25) is 0 Å². The zero-order valence-electron chi connectivity index (χ0n) is 5.92. The fourth-order valence-electron chi connectivity index (χ4n) is 0.699. The van der Waals surface area contributed by atoms with Gasteiger partial charge in [0.25, 0.3) is 0 Å². The van der Waals surface area contributed by atoms with E-state index >= 15 is 0 Å². The van der Waals surface area contributed by atoms with E-state index in [0.717, 1.165) is 0 Å². The molecule has 0 bridgehead atoms. The second-order valence-corrected chi connectivity index (χ2v) is 4.02. The van der Waals surface area contributed by atoms with Crippen molar-refractivity contribution in [2.45, 2.75) is 17.4 Å². The molecular formula is C6H11NOS. The molecule has 0 aromatic heterocycles. The van der Waals surface area contributed by atoms with E-state index < -0.39 is 0 Å². The van der Waals surface area contributed by atoms with Gasteiger partial charge in [0.15, 0.2) is 0 Å². The summed E-state index contributed by atoms with van der Waals surface area (Å²) in [5.41, 5.74) is 0. The topological polar surface area (TPSA) is 20.3 Å². The van der Waals surface area contributed by atoms with Crippen molar-refractivity contribution in [3.05, 3.63) is 0 Å². The van der Waals surface area contributed by atoms with Crippen LogP contribution in [0.25, 0.3) is 0 Å². The number of rotatable bonds is 1. The smallest absolute Gasteiger partial charge is 0.236 e. The Morgan fingerprint density at radius 2 is 2.00 bits per heavy atom. The normalized spacial score (nSPS) is 31.9. The summed E-state index contributed by atoms with van der Waals surface area (Å²) in [6.07, 6.45) is 0. The zero-order chi connectivity index (χ0) is 7.02. The lowest BCUT2D eigenvalue weighted by Gasteiger charge is -2.07. The molecule has 1 aliphatic heterocycles. The first-order valence-electron chi connectivity index (χ1n) is 2.99. The minimum atomic E-state index is 0.257. The third kappa shape index (κ3) is 1.39. The molecule has 0 aromatic rings. The van der Waals surface area contributed by atoms with Gasteiger partial charge in [0.2, 0.25) is 5.91 Å². The van der Waals surface area contributed by atoms with Gasteiger partial charge in [-0.1, -0.05) is 6.92 Å². The molecule has 0 aromatic carbocycles. The summed E-state index contributed by atoms with van der Waals surface area (Å²) in [6.45, 7) is 2.08. The number of thioether (sulfide) groups is 1. The van der Waals surface area contributed by atoms with Crippen molar-refractivity contribution in [1.29, 1.82) is 0 Å². The lowest BCUT2D eigenvalue weighted by atomic mass is 10.3. The van der Waals surface area contributed by atoms with Crippen LogP contribution in [0.4, 0.5) is 0 Å². The highest BCUT2D eigenvalue weighted by molar-refractivity contribution is 8.08. The van der Waals surface area contributed by atoms with E-state index in [4.69, 9.17) is 0 Å². The molecule has 52 valence electrons. The standard InChI is InChI=1S/C6H11NOS/c1-4-5(9-4)6(8)7(2)3/h4-5H,1-3H3. The van der Waals surface area contributed by atoms with Gasteiger partial charge < -0.3 is 4.90 Å². The first-order valence-corrected chi connectivity index (χ1v) is 3.94. The number of hydrogen-bond acceptors (Lipinski definition) is 2. The molecule has 1 saturated heterocycles. The molecule has 1 rings (SSSR count). The fraction of sp³-hybridized carbons (Fsp3) is 0.833. The molecule has 2 atom stereocenters. The van der Waals surface area contributed by atoms with Crippen molar-refractivity contribution in [3.63, 3.8) is 0 Å². The molecule has 1 aliphatic rings. The molecule has 1 amide bonds. The van der Waals surface area contributed by atoms with Gasteiger partial charge in [0.05, 0.1) is 5.25 Å². The first kappa shape index (κ1) is 6.93. The molecule has 3 heteroatoms. The first-order chi connectivity index (χ1) is 4.13. The summed E-state index contributed by atoms with van der Waals surface area (Å²) in [7, 11) is 3.60. The monoisotopic (exact) mass is 145 g/mol. The summed E-state index contributed by atoms with van der Waals surface area (Å²) in [5, 5.41) is 0.819. The zero-order valence-corrected chi connectivity index (χ0v) is 6.73. The van der Waals surface area contributed by atoms with Crippen LogP contribution < -0.4 is 0 Å². The van der Waals surface area contributed by atoms with Crippen LogP contribution in [0, 0.1) is 0 Å². The number of nitrogens with zero attached hydrogens (tertiary/aromatic N) is 1. The summed E-state index contributed by atoms with van der Waals surface area (Å²) in [6, 6.07) is 0. The van der Waals surface area contributed by atoms with Gasteiger partial charge >= 0.3 is 0 Å². The molecule has 9 heavy (non-hydrogen) atoms. The van der Waals surface area contributed by atoms with Gasteiger partial charge in [0.1, 0.15) is 0 Å². The van der Waals surface area contributed by atoms with Crippen LogP contribution in [0.3, 0.4) is 0 Å². The maximum atomic E-state index is 11.0. The van der Waals surface area contributed by atoms with Gasteiger partial charge in [0, 0.05) is 19.3 Å². The molecule has 2 unspecified atom stereocenters. The Hall–Kier alpha value is -0.180. The van der Waals surface area contributed by atoms with Crippen LogP contribution in [0.15, 0.2) is 0 Å². The minimum Gasteiger partial charge on any atom is -0.348 e. The largest absolute Gasteiger partial charge is 0.348 e. The lowest BCUT2D eigenvalue weighted by molar-refractivity contribution is -0.127. The predicted molar refractivity (Wildman–Crippen MR) is 39.5 cm³/mol. The maximum absolute atomic E-state index is 11.0. The second kappa shape index (κ2) is 2.21. The SMILES string of the molecule is CC1SC1C(=O)N(C)C. The fourth-order valence-corrected chi connectivity index (χ4v) is 1.51. The second-order valence-electron chi connectivity index (χ2n) is 2.49. The minimum absolute atomic E-state index is 0.257. The van der Waals surface area contributed by atoms with E-state index in [1.165, 1.54) is 0 Å². The van der Waals surface area contributed by atoms with E-state index in [0.29, 0.717) is 5.25 Å². The predicted octanol–water partition coefficient (Wildman–Crippen LogP) is 0.578. The molecule has 0 saturated carbocycles. The average molecular weight is 145 g/mol. The third-order valence-corrected chi connectivity index (χ3v) is 2.69. The van der Waals surface area contributed by atoms with Gasteiger partial charge in [-0.3, -0.25) is 4.79 Å². The van der Waals surface area contributed by atoms with Crippen LogP contribution in [0.1, 0.15) is 6.92 Å². The van der Waals surface area contributed by atoms with Crippen LogP contribution in [0.5, 0.6) is 0 Å². The number of carbonyl (C=O) groups excluding carboxylic acids is 1. The Bertz CT molecular complexity index is 135. The third-order valence-electron chi connectivity index (χ3n) is 1.40. The Morgan fingerprint density at radius 1 is 1.56 bits per heavy atom. The van der Waals surface area contributed by atoms with Crippen molar-refractivity contribution < 1.29 is 4.79 Å². The lowest BCUT2D eigenvalue weighted by Crippen LogP contribution is -2.26. The van der Waals surface area contributed by atoms with E-state index in [-0.39, 0.29) is 11.2 Å². The van der Waals surface area contributed by atoms with E-state index in [1.54, 1.807) is 30.8 Å². The van der Waals surface area contributed by atoms with Crippen molar-refractivity contribution in [2.24, 2.45) is 0 Å². The average Bonchev–Trinajstić information content (AvgIpc) is 2.44. The molecule has 0 radical (unpaired) electrons. The summed E-state index contributed by atoms with van der Waals surface area (Å²) < 4.78 is 0. The molecular weight excluding hydrogens is 134 g/mol. The van der Waals surface area contributed by atoms with E-state index in [1.807, 2.05) is 0 Å². The summed E-state index contributed by atoms with van der Waals surface area (Å²) >= 11 is 1.74. The van der Waals surface area contributed by atoms with Crippen LogP contribution >= 0.6 is 11.8 Å². The highest BCUT2D eigenvalue weighted by Gasteiger charge is 2.41. The van der Waals surface area contributed by atoms with Gasteiger partial charge in [-0.15, -0.1) is 11.8 Å². The van der Waals surface area contributed by atoms with Crippen LogP contribution in [-0.2, 0) is 4.79 Å². The van der Waals surface area contributed by atoms with Crippen molar-refractivity contribution >= 4 is 17.7 Å². The quantitative estimate of drug-likeness (QED) is 0.503. The van der Waals surface area contributed by atoms with Crippen LogP contribution in [-0.4, -0.2) is 35.4 Å². The molecule has 1 heterocycles. The molecule has 0 spiro atoms. The highest BCUT2D eigenvalue weighted by atomic mass is 32.2. The maximum Gasteiger partial charge on any atom is 0.236 e. The molecule has 1 fully saturated rings. The Kier molecular flexibility index (Phi) is 1.70. The number of amides is 1. The highest BCUT2D eigenvalue weighted by Crippen LogP contribution is 2.41. The molecule has 0 N–H and O–H groups in total. The van der Waals surface area contributed by atoms with Gasteiger partial charge in [-0.2, -0.15) is 0 Å². The number of hydrogen-bond donors (Lipinski definition) is 0. The Balaban J connectivity index is 2.36. The summed E-state index contributed by atoms with van der Waals surface area (Å²) in [4.78, 5) is 12.7.